The van der Waals surface area contributed by atoms with Gasteiger partial charge in [-0.3, -0.25) is 9.59 Å². The lowest BCUT2D eigenvalue weighted by molar-refractivity contribution is 0.102. The fourth-order valence-electron chi connectivity index (χ4n) is 1.36. The van der Waals surface area contributed by atoms with Crippen LogP contribution in [0.15, 0.2) is 33.8 Å². The van der Waals surface area contributed by atoms with Gasteiger partial charge in [0.15, 0.2) is 11.2 Å². The Labute approximate surface area is 96.9 Å². The Bertz CT molecular complexity index is 612. The number of carbonyl (C=O) groups excluding carboxylic acids is 1. The summed E-state index contributed by atoms with van der Waals surface area (Å²) in [4.78, 5) is 23.3. The highest BCUT2D eigenvalue weighted by atomic mass is 16.5. The van der Waals surface area contributed by atoms with E-state index in [1.807, 2.05) is 0 Å². The zero-order chi connectivity index (χ0) is 12.4. The molecule has 2 rings (SSSR count). The van der Waals surface area contributed by atoms with Crippen LogP contribution in [0.1, 0.15) is 16.1 Å². The maximum absolute atomic E-state index is 11.8. The molecule has 0 bridgehead atoms. The first-order chi connectivity index (χ1) is 8.06. The van der Waals surface area contributed by atoms with E-state index in [2.05, 4.69) is 10.5 Å². The standard InChI is InChI=1S/C11H11N3O3/c1-7-5-10(13-17-7)12-11(16)8-6-14(2)4-3-9(8)15/h3-6H,1-2H3,(H,12,13,16). The molecular formula is C11H11N3O3. The molecule has 0 saturated carbocycles. The van der Waals surface area contributed by atoms with Gasteiger partial charge in [0.2, 0.25) is 0 Å². The molecule has 17 heavy (non-hydrogen) atoms. The van der Waals surface area contributed by atoms with E-state index >= 15 is 0 Å². The van der Waals surface area contributed by atoms with Crippen LogP contribution in [0.25, 0.3) is 0 Å². The van der Waals surface area contributed by atoms with Gasteiger partial charge in [-0.2, -0.15) is 0 Å². The maximum atomic E-state index is 11.8. The van der Waals surface area contributed by atoms with E-state index in [0.717, 1.165) is 0 Å². The monoisotopic (exact) mass is 233 g/mol. The van der Waals surface area contributed by atoms with Gasteiger partial charge in [-0.25, -0.2) is 0 Å². The Kier molecular flexibility index (Phi) is 2.78. The lowest BCUT2D eigenvalue weighted by Gasteiger charge is -2.02. The van der Waals surface area contributed by atoms with Crippen molar-refractivity contribution >= 4 is 11.7 Å². The van der Waals surface area contributed by atoms with Crippen LogP contribution < -0.4 is 10.7 Å². The summed E-state index contributed by atoms with van der Waals surface area (Å²) in [5.74, 6) is 0.374. The van der Waals surface area contributed by atoms with Crippen LogP contribution in [0, 0.1) is 6.92 Å². The molecule has 2 heterocycles. The van der Waals surface area contributed by atoms with Crippen LogP contribution in [-0.2, 0) is 7.05 Å². The third-order valence-electron chi connectivity index (χ3n) is 2.17. The van der Waals surface area contributed by atoms with E-state index in [4.69, 9.17) is 4.52 Å². The summed E-state index contributed by atoms with van der Waals surface area (Å²) in [7, 11) is 1.73. The average Bonchev–Trinajstić information content (AvgIpc) is 2.67. The molecule has 1 N–H and O–H groups in total. The molecule has 2 aromatic heterocycles. The maximum Gasteiger partial charge on any atom is 0.262 e. The van der Waals surface area contributed by atoms with Crippen LogP contribution in [0.2, 0.25) is 0 Å². The van der Waals surface area contributed by atoms with E-state index < -0.39 is 5.91 Å². The fraction of sp³-hybridized carbons (Fsp3) is 0.182. The predicted octanol–water partition coefficient (Wildman–Crippen LogP) is 0.934. The SMILES string of the molecule is Cc1cc(NC(=O)c2cn(C)ccc2=O)no1. The first-order valence-electron chi connectivity index (χ1n) is 4.97. The Balaban J connectivity index is 2.26. The third kappa shape index (κ3) is 2.41. The number of anilines is 1. The number of aryl methyl sites for hydroxylation is 2. The smallest absolute Gasteiger partial charge is 0.262 e. The minimum absolute atomic E-state index is 0.0654. The van der Waals surface area contributed by atoms with Gasteiger partial charge in [0.25, 0.3) is 5.91 Å². The quantitative estimate of drug-likeness (QED) is 0.837. The van der Waals surface area contributed by atoms with Gasteiger partial charge in [-0.1, -0.05) is 5.16 Å². The molecule has 0 aliphatic heterocycles. The van der Waals surface area contributed by atoms with Crippen molar-refractivity contribution in [3.63, 3.8) is 0 Å². The molecule has 6 heteroatoms. The first kappa shape index (κ1) is 11.1. The molecule has 2 aromatic rings. The summed E-state index contributed by atoms with van der Waals surface area (Å²) in [6, 6.07) is 2.91. The molecule has 1 amide bonds. The molecule has 0 atom stereocenters. The number of carbonyl (C=O) groups is 1. The van der Waals surface area contributed by atoms with Crippen molar-refractivity contribution in [3.8, 4) is 0 Å². The number of hydrogen-bond acceptors (Lipinski definition) is 4. The molecule has 0 saturated heterocycles. The van der Waals surface area contributed by atoms with Crippen molar-refractivity contribution in [1.82, 2.24) is 9.72 Å². The van der Waals surface area contributed by atoms with E-state index in [-0.39, 0.29) is 11.0 Å². The molecule has 0 fully saturated rings. The number of amides is 1. The lowest BCUT2D eigenvalue weighted by Crippen LogP contribution is -2.22. The van der Waals surface area contributed by atoms with Gasteiger partial charge in [-0.15, -0.1) is 0 Å². The number of aromatic nitrogens is 2. The minimum Gasteiger partial charge on any atom is -0.360 e. The number of hydrogen-bond donors (Lipinski definition) is 1. The summed E-state index contributed by atoms with van der Waals surface area (Å²) in [5, 5.41) is 6.11. The van der Waals surface area contributed by atoms with Crippen LogP contribution in [0.5, 0.6) is 0 Å². The zero-order valence-electron chi connectivity index (χ0n) is 9.43. The second-order valence-electron chi connectivity index (χ2n) is 3.67. The molecule has 0 aliphatic carbocycles. The lowest BCUT2D eigenvalue weighted by atomic mass is 10.2. The average molecular weight is 233 g/mol. The van der Waals surface area contributed by atoms with Crippen molar-refractivity contribution in [1.29, 1.82) is 0 Å². The van der Waals surface area contributed by atoms with E-state index in [9.17, 15) is 9.59 Å². The largest absolute Gasteiger partial charge is 0.360 e. The molecular weight excluding hydrogens is 222 g/mol. The van der Waals surface area contributed by atoms with E-state index in [1.165, 1.54) is 12.3 Å². The molecule has 0 aromatic carbocycles. The molecule has 0 aliphatic rings. The van der Waals surface area contributed by atoms with Gasteiger partial charge < -0.3 is 14.4 Å². The number of nitrogens with zero attached hydrogens (tertiary/aromatic N) is 2. The summed E-state index contributed by atoms with van der Waals surface area (Å²) in [6.07, 6.45) is 3.05. The Morgan fingerprint density at radius 2 is 2.29 bits per heavy atom. The summed E-state index contributed by atoms with van der Waals surface area (Å²) < 4.78 is 6.44. The van der Waals surface area contributed by atoms with Crippen LogP contribution in [0.4, 0.5) is 5.82 Å². The summed E-state index contributed by atoms with van der Waals surface area (Å²) in [5.41, 5.74) is -0.267. The fourth-order valence-corrected chi connectivity index (χ4v) is 1.36. The Hall–Kier alpha value is -2.37. The van der Waals surface area contributed by atoms with Crippen molar-refractivity contribution < 1.29 is 9.32 Å². The number of rotatable bonds is 2. The topological polar surface area (TPSA) is 77.1 Å². The van der Waals surface area contributed by atoms with Gasteiger partial charge in [-0.05, 0) is 6.92 Å². The zero-order valence-corrected chi connectivity index (χ0v) is 9.43. The van der Waals surface area contributed by atoms with E-state index in [1.54, 1.807) is 30.8 Å². The second-order valence-corrected chi connectivity index (χ2v) is 3.67. The van der Waals surface area contributed by atoms with Gasteiger partial charge >= 0.3 is 0 Å². The molecule has 0 spiro atoms. The summed E-state index contributed by atoms with van der Waals surface area (Å²) >= 11 is 0. The predicted molar refractivity (Wildman–Crippen MR) is 60.9 cm³/mol. The highest BCUT2D eigenvalue weighted by Crippen LogP contribution is 2.07. The normalized spacial score (nSPS) is 10.2. The molecule has 88 valence electrons. The van der Waals surface area contributed by atoms with Crippen LogP contribution in [-0.4, -0.2) is 15.6 Å². The minimum atomic E-state index is -0.500. The van der Waals surface area contributed by atoms with Crippen molar-refractivity contribution in [2.75, 3.05) is 5.32 Å². The third-order valence-corrected chi connectivity index (χ3v) is 2.17. The second kappa shape index (κ2) is 4.25. The number of pyridine rings is 1. The van der Waals surface area contributed by atoms with Crippen LogP contribution in [0.3, 0.4) is 0 Å². The van der Waals surface area contributed by atoms with E-state index in [0.29, 0.717) is 11.6 Å². The highest BCUT2D eigenvalue weighted by molar-refractivity contribution is 6.03. The molecule has 0 radical (unpaired) electrons. The Morgan fingerprint density at radius 3 is 2.94 bits per heavy atom. The van der Waals surface area contributed by atoms with Crippen LogP contribution >= 0.6 is 0 Å². The Morgan fingerprint density at radius 1 is 1.53 bits per heavy atom. The highest BCUT2D eigenvalue weighted by Gasteiger charge is 2.12. The molecule has 6 nitrogen and oxygen atoms in total. The van der Waals surface area contributed by atoms with Crippen molar-refractivity contribution in [2.45, 2.75) is 6.92 Å². The van der Waals surface area contributed by atoms with Crippen molar-refractivity contribution in [3.05, 3.63) is 46.1 Å². The van der Waals surface area contributed by atoms with Crippen molar-refractivity contribution in [2.24, 2.45) is 7.05 Å². The van der Waals surface area contributed by atoms with Gasteiger partial charge in [0, 0.05) is 31.6 Å². The first-order valence-corrected chi connectivity index (χ1v) is 4.97. The van der Waals surface area contributed by atoms with Gasteiger partial charge in [0.05, 0.1) is 0 Å². The summed E-state index contributed by atoms with van der Waals surface area (Å²) in [6.45, 7) is 1.71. The number of nitrogens with one attached hydrogen (secondary N) is 1. The molecule has 0 unspecified atom stereocenters. The van der Waals surface area contributed by atoms with Gasteiger partial charge in [0.1, 0.15) is 11.3 Å².